The fourth-order valence-electron chi connectivity index (χ4n) is 2.75. The Bertz CT molecular complexity index is 1040. The summed E-state index contributed by atoms with van der Waals surface area (Å²) in [6.07, 6.45) is 1.38. The highest BCUT2D eigenvalue weighted by Crippen LogP contribution is 2.19. The van der Waals surface area contributed by atoms with E-state index in [1.165, 1.54) is 11.2 Å². The number of anilines is 3. The maximum Gasteiger partial charge on any atom is 0.327 e. The number of rotatable bonds is 6. The molecule has 0 fully saturated rings. The van der Waals surface area contributed by atoms with Crippen molar-refractivity contribution in [3.05, 3.63) is 77.6 Å². The van der Waals surface area contributed by atoms with Crippen LogP contribution in [0.25, 0.3) is 0 Å². The molecule has 0 aliphatic rings. The monoisotopic (exact) mass is 404 g/mol. The first-order chi connectivity index (χ1) is 14.5. The number of aromatic nitrogens is 2. The van der Waals surface area contributed by atoms with Crippen molar-refractivity contribution < 1.29 is 9.59 Å². The van der Waals surface area contributed by atoms with Gasteiger partial charge in [0.1, 0.15) is 18.0 Å². The zero-order valence-corrected chi connectivity index (χ0v) is 17.1. The van der Waals surface area contributed by atoms with E-state index < -0.39 is 0 Å². The second-order valence-electron chi connectivity index (χ2n) is 6.70. The van der Waals surface area contributed by atoms with Gasteiger partial charge in [0, 0.05) is 38.0 Å². The summed E-state index contributed by atoms with van der Waals surface area (Å²) >= 11 is 0. The number of urea groups is 1. The molecule has 0 aliphatic heterocycles. The van der Waals surface area contributed by atoms with Crippen molar-refractivity contribution in [2.45, 2.75) is 13.5 Å². The van der Waals surface area contributed by atoms with Gasteiger partial charge in [-0.1, -0.05) is 36.4 Å². The van der Waals surface area contributed by atoms with Crippen molar-refractivity contribution in [2.75, 3.05) is 29.6 Å². The highest BCUT2D eigenvalue weighted by Gasteiger charge is 2.15. The van der Waals surface area contributed by atoms with Crippen LogP contribution >= 0.6 is 0 Å². The van der Waals surface area contributed by atoms with Crippen LogP contribution in [0.5, 0.6) is 0 Å². The molecular formula is C22H24N6O2. The molecule has 0 unspecified atom stereocenters. The van der Waals surface area contributed by atoms with Crippen molar-refractivity contribution in [1.82, 2.24) is 15.3 Å². The van der Waals surface area contributed by atoms with E-state index in [4.69, 9.17) is 0 Å². The summed E-state index contributed by atoms with van der Waals surface area (Å²) in [4.78, 5) is 34.8. The van der Waals surface area contributed by atoms with Crippen molar-refractivity contribution in [3.63, 3.8) is 0 Å². The predicted molar refractivity (Wildman–Crippen MR) is 118 cm³/mol. The lowest BCUT2D eigenvalue weighted by atomic mass is 10.1. The van der Waals surface area contributed by atoms with Gasteiger partial charge in [-0.2, -0.15) is 0 Å². The van der Waals surface area contributed by atoms with E-state index in [0.29, 0.717) is 29.4 Å². The van der Waals surface area contributed by atoms with Gasteiger partial charge < -0.3 is 16.0 Å². The van der Waals surface area contributed by atoms with Crippen LogP contribution in [0.4, 0.5) is 22.1 Å². The van der Waals surface area contributed by atoms with Crippen molar-refractivity contribution >= 4 is 29.3 Å². The van der Waals surface area contributed by atoms with Gasteiger partial charge in [0.05, 0.1) is 0 Å². The Kier molecular flexibility index (Phi) is 6.59. The molecule has 0 saturated carbocycles. The highest BCUT2D eigenvalue weighted by molar-refractivity contribution is 6.02. The van der Waals surface area contributed by atoms with Gasteiger partial charge in [0.15, 0.2) is 0 Å². The Balaban J connectivity index is 1.69. The lowest BCUT2D eigenvalue weighted by Gasteiger charge is -2.18. The topological polar surface area (TPSA) is 99.2 Å². The molecule has 154 valence electrons. The molecule has 0 bridgehead atoms. The van der Waals surface area contributed by atoms with Crippen LogP contribution in [0.3, 0.4) is 0 Å². The maximum atomic E-state index is 12.7. The SMILES string of the molecule is CNc1cc(N(C)C(=O)Nc2cc(C(=O)NCc3ccccc3)ccc2C)ncn1. The summed E-state index contributed by atoms with van der Waals surface area (Å²) in [7, 11) is 3.35. The van der Waals surface area contributed by atoms with E-state index in [1.54, 1.807) is 38.4 Å². The maximum absolute atomic E-state index is 12.7. The van der Waals surface area contributed by atoms with E-state index >= 15 is 0 Å². The second kappa shape index (κ2) is 9.51. The van der Waals surface area contributed by atoms with Crippen molar-refractivity contribution in [3.8, 4) is 0 Å². The molecule has 3 rings (SSSR count). The summed E-state index contributed by atoms with van der Waals surface area (Å²) in [5.74, 6) is 0.839. The molecule has 8 nitrogen and oxygen atoms in total. The third-order valence-electron chi connectivity index (χ3n) is 4.59. The zero-order chi connectivity index (χ0) is 21.5. The summed E-state index contributed by atoms with van der Waals surface area (Å²) < 4.78 is 0. The Hall–Kier alpha value is -3.94. The van der Waals surface area contributed by atoms with Crippen LogP contribution in [0.15, 0.2) is 60.9 Å². The molecule has 0 saturated heterocycles. The lowest BCUT2D eigenvalue weighted by Crippen LogP contribution is -2.32. The second-order valence-corrected chi connectivity index (χ2v) is 6.70. The van der Waals surface area contributed by atoms with Crippen LogP contribution in [-0.2, 0) is 6.54 Å². The molecule has 0 spiro atoms. The van der Waals surface area contributed by atoms with Gasteiger partial charge >= 0.3 is 6.03 Å². The van der Waals surface area contributed by atoms with Crippen LogP contribution in [0.1, 0.15) is 21.5 Å². The van der Waals surface area contributed by atoms with E-state index in [9.17, 15) is 9.59 Å². The first-order valence-corrected chi connectivity index (χ1v) is 9.45. The van der Waals surface area contributed by atoms with Crippen molar-refractivity contribution in [2.24, 2.45) is 0 Å². The number of hydrogen-bond donors (Lipinski definition) is 3. The summed E-state index contributed by atoms with van der Waals surface area (Å²) in [6, 6.07) is 16.2. The molecule has 0 aliphatic carbocycles. The van der Waals surface area contributed by atoms with E-state index in [0.717, 1.165) is 11.1 Å². The standard InChI is InChI=1S/C22H24N6O2/c1-15-9-10-17(21(29)24-13-16-7-5-4-6-8-16)11-18(15)27-22(30)28(3)20-12-19(23-2)25-14-26-20/h4-12,14H,13H2,1-3H3,(H,24,29)(H,27,30)(H,23,25,26). The fraction of sp³-hybridized carbons (Fsp3) is 0.182. The van der Waals surface area contributed by atoms with Gasteiger partial charge in [-0.05, 0) is 30.2 Å². The lowest BCUT2D eigenvalue weighted by molar-refractivity contribution is 0.0951. The van der Waals surface area contributed by atoms with E-state index in [-0.39, 0.29) is 11.9 Å². The first-order valence-electron chi connectivity index (χ1n) is 9.45. The quantitative estimate of drug-likeness (QED) is 0.585. The molecule has 3 aromatic rings. The number of hydrogen-bond acceptors (Lipinski definition) is 5. The van der Waals surface area contributed by atoms with Gasteiger partial charge in [-0.15, -0.1) is 0 Å². The molecule has 1 heterocycles. The van der Waals surface area contributed by atoms with Crippen LogP contribution < -0.4 is 20.9 Å². The molecule has 0 atom stereocenters. The number of carbonyl (C=O) groups excluding carboxylic acids is 2. The molecule has 8 heteroatoms. The van der Waals surface area contributed by atoms with Gasteiger partial charge in [0.25, 0.3) is 5.91 Å². The Morgan fingerprint density at radius 3 is 2.53 bits per heavy atom. The zero-order valence-electron chi connectivity index (χ0n) is 17.1. The molecule has 30 heavy (non-hydrogen) atoms. The smallest absolute Gasteiger partial charge is 0.327 e. The molecular weight excluding hydrogens is 380 g/mol. The third-order valence-corrected chi connectivity index (χ3v) is 4.59. The Morgan fingerprint density at radius 2 is 1.80 bits per heavy atom. The predicted octanol–water partition coefficient (Wildman–Crippen LogP) is 3.43. The molecule has 3 N–H and O–H groups in total. The minimum absolute atomic E-state index is 0.211. The van der Waals surface area contributed by atoms with Crippen molar-refractivity contribution in [1.29, 1.82) is 0 Å². The minimum Gasteiger partial charge on any atom is -0.373 e. The molecule has 3 amide bonds. The average molecular weight is 404 g/mol. The van der Waals surface area contributed by atoms with Gasteiger partial charge in [-0.3, -0.25) is 9.69 Å². The van der Waals surface area contributed by atoms with Gasteiger partial charge in [0.2, 0.25) is 0 Å². The van der Waals surface area contributed by atoms with E-state index in [2.05, 4.69) is 25.9 Å². The third kappa shape index (κ3) is 5.11. The number of carbonyl (C=O) groups is 2. The number of benzene rings is 2. The molecule has 2 aromatic carbocycles. The Morgan fingerprint density at radius 1 is 1.03 bits per heavy atom. The van der Waals surface area contributed by atoms with E-state index in [1.807, 2.05) is 37.3 Å². The number of nitrogens with one attached hydrogen (secondary N) is 3. The largest absolute Gasteiger partial charge is 0.373 e. The van der Waals surface area contributed by atoms with Crippen LogP contribution in [-0.4, -0.2) is 36.0 Å². The summed E-state index contributed by atoms with van der Waals surface area (Å²) in [5, 5.41) is 8.64. The Labute approximate surface area is 175 Å². The normalized spacial score (nSPS) is 10.2. The molecule has 0 radical (unpaired) electrons. The summed E-state index contributed by atoms with van der Waals surface area (Å²) in [5.41, 5.74) is 2.88. The number of aryl methyl sites for hydroxylation is 1. The summed E-state index contributed by atoms with van der Waals surface area (Å²) in [6.45, 7) is 2.30. The highest BCUT2D eigenvalue weighted by atomic mass is 16.2. The number of amides is 3. The van der Waals surface area contributed by atoms with Crippen LogP contribution in [0, 0.1) is 6.92 Å². The fourth-order valence-corrected chi connectivity index (χ4v) is 2.75. The van der Waals surface area contributed by atoms with Crippen LogP contribution in [0.2, 0.25) is 0 Å². The minimum atomic E-state index is -0.374. The van der Waals surface area contributed by atoms with Gasteiger partial charge in [-0.25, -0.2) is 14.8 Å². The average Bonchev–Trinajstić information content (AvgIpc) is 2.79. The molecule has 1 aromatic heterocycles. The number of nitrogens with zero attached hydrogens (tertiary/aromatic N) is 3. The first kappa shape index (κ1) is 20.8.